The topological polar surface area (TPSA) is 27.3 Å². The van der Waals surface area contributed by atoms with E-state index in [1.807, 2.05) is 0 Å². The smallest absolute Gasteiger partial charge is 0.0523 e. The highest BCUT2D eigenvalue weighted by molar-refractivity contribution is 5.16. The summed E-state index contributed by atoms with van der Waals surface area (Å²) in [6.07, 6.45) is 10.0. The summed E-state index contributed by atoms with van der Waals surface area (Å²) in [4.78, 5) is 2.65. The highest BCUT2D eigenvalue weighted by atomic mass is 15.3. The van der Waals surface area contributed by atoms with Crippen molar-refractivity contribution in [3.63, 3.8) is 0 Å². The fourth-order valence-corrected chi connectivity index (χ4v) is 3.76. The Hall–Kier alpha value is -0.380. The summed E-state index contributed by atoms with van der Waals surface area (Å²) in [5.74, 6) is 0. The van der Waals surface area contributed by atoms with Crippen LogP contribution in [0.15, 0.2) is 12.2 Å². The highest BCUT2D eigenvalue weighted by Gasteiger charge is 2.48. The van der Waals surface area contributed by atoms with Crippen LogP contribution >= 0.6 is 0 Å². The van der Waals surface area contributed by atoms with Crippen molar-refractivity contribution in [1.82, 2.24) is 15.5 Å². The minimum Gasteiger partial charge on any atom is -0.313 e. The fourth-order valence-electron chi connectivity index (χ4n) is 3.76. The Bertz CT molecular complexity index is 277. The quantitative estimate of drug-likeness (QED) is 0.639. The molecule has 3 atom stereocenters. The first kappa shape index (κ1) is 10.8. The number of rotatable bonds is 1. The third-order valence-corrected chi connectivity index (χ3v) is 4.79. The van der Waals surface area contributed by atoms with Crippen LogP contribution in [0.1, 0.15) is 25.7 Å². The maximum atomic E-state index is 3.70. The van der Waals surface area contributed by atoms with Crippen molar-refractivity contribution in [2.75, 3.05) is 26.7 Å². The van der Waals surface area contributed by atoms with Gasteiger partial charge < -0.3 is 10.6 Å². The van der Waals surface area contributed by atoms with E-state index in [4.69, 9.17) is 0 Å². The molecule has 2 bridgehead atoms. The average molecular weight is 221 g/mol. The second-order valence-electron chi connectivity index (χ2n) is 5.54. The van der Waals surface area contributed by atoms with Gasteiger partial charge in [0.05, 0.1) is 5.54 Å². The fraction of sp³-hybridized carbons (Fsp3) is 0.846. The van der Waals surface area contributed by atoms with Gasteiger partial charge in [-0.05, 0) is 39.3 Å². The summed E-state index contributed by atoms with van der Waals surface area (Å²) in [6.45, 7) is 3.46. The molecule has 3 nitrogen and oxygen atoms in total. The molecule has 0 aliphatic carbocycles. The summed E-state index contributed by atoms with van der Waals surface area (Å²) >= 11 is 0. The van der Waals surface area contributed by atoms with Gasteiger partial charge in [-0.3, -0.25) is 4.90 Å². The summed E-state index contributed by atoms with van der Waals surface area (Å²) in [7, 11) is 2.33. The van der Waals surface area contributed by atoms with Gasteiger partial charge in [0.1, 0.15) is 0 Å². The molecule has 0 aromatic heterocycles. The number of hydrogen-bond donors (Lipinski definition) is 2. The van der Waals surface area contributed by atoms with Crippen molar-refractivity contribution in [3.05, 3.63) is 12.2 Å². The number of nitrogens with zero attached hydrogens (tertiary/aromatic N) is 1. The van der Waals surface area contributed by atoms with Crippen LogP contribution in [0.5, 0.6) is 0 Å². The molecule has 0 aromatic carbocycles. The van der Waals surface area contributed by atoms with Crippen molar-refractivity contribution in [3.8, 4) is 0 Å². The lowest BCUT2D eigenvalue weighted by Gasteiger charge is -2.57. The number of piperidine rings is 1. The van der Waals surface area contributed by atoms with Crippen LogP contribution in [0.4, 0.5) is 0 Å². The van der Waals surface area contributed by atoms with Crippen molar-refractivity contribution in [2.45, 2.75) is 43.3 Å². The lowest BCUT2D eigenvalue weighted by Crippen LogP contribution is -2.73. The average Bonchev–Trinajstić information content (AvgIpc) is 2.30. The molecule has 2 fully saturated rings. The van der Waals surface area contributed by atoms with Crippen molar-refractivity contribution >= 4 is 0 Å². The minimum absolute atomic E-state index is 0.331. The number of nitrogens with one attached hydrogen (secondary N) is 2. The van der Waals surface area contributed by atoms with Crippen LogP contribution in [-0.2, 0) is 0 Å². The first-order valence-electron chi connectivity index (χ1n) is 6.67. The van der Waals surface area contributed by atoms with Crippen LogP contribution < -0.4 is 10.6 Å². The number of likely N-dealkylation sites (N-methyl/N-ethyl adjacent to an activating group) is 1. The summed E-state index contributed by atoms with van der Waals surface area (Å²) in [5, 5.41) is 7.34. The van der Waals surface area contributed by atoms with Crippen LogP contribution in [0.25, 0.3) is 0 Å². The van der Waals surface area contributed by atoms with E-state index in [0.29, 0.717) is 11.6 Å². The second-order valence-corrected chi connectivity index (χ2v) is 5.54. The van der Waals surface area contributed by atoms with Crippen LogP contribution in [-0.4, -0.2) is 49.2 Å². The van der Waals surface area contributed by atoms with Gasteiger partial charge in [0.2, 0.25) is 0 Å². The molecule has 0 spiro atoms. The lowest BCUT2D eigenvalue weighted by molar-refractivity contribution is -0.0208. The van der Waals surface area contributed by atoms with Crippen molar-refractivity contribution in [1.29, 1.82) is 0 Å². The predicted octanol–water partition coefficient (Wildman–Crippen LogP) is 0.731. The molecule has 3 heterocycles. The molecule has 0 amide bonds. The molecule has 0 saturated carbocycles. The van der Waals surface area contributed by atoms with Gasteiger partial charge in [0.15, 0.2) is 0 Å². The molecule has 3 aliphatic rings. The van der Waals surface area contributed by atoms with E-state index in [1.54, 1.807) is 0 Å². The Morgan fingerprint density at radius 2 is 2.38 bits per heavy atom. The third kappa shape index (κ3) is 1.53. The molecule has 90 valence electrons. The molecule has 0 radical (unpaired) electrons. The van der Waals surface area contributed by atoms with E-state index in [1.165, 1.54) is 32.2 Å². The lowest BCUT2D eigenvalue weighted by atomic mass is 9.75. The van der Waals surface area contributed by atoms with Gasteiger partial charge in [0, 0.05) is 25.2 Å². The van der Waals surface area contributed by atoms with Crippen molar-refractivity contribution in [2.24, 2.45) is 0 Å². The SMILES string of the molecule is CN1C2CCCC1(C1C=CCCN1)CNC2. The number of fused-ring (bicyclic) bond motifs is 2. The molecule has 16 heavy (non-hydrogen) atoms. The van der Waals surface area contributed by atoms with Gasteiger partial charge >= 0.3 is 0 Å². The Kier molecular flexibility index (Phi) is 2.78. The normalized spacial score (nSPS) is 44.6. The van der Waals surface area contributed by atoms with E-state index in [9.17, 15) is 0 Å². The van der Waals surface area contributed by atoms with Gasteiger partial charge in [-0.25, -0.2) is 0 Å². The summed E-state index contributed by atoms with van der Waals surface area (Å²) in [5.41, 5.74) is 0.331. The first-order valence-corrected chi connectivity index (χ1v) is 6.67. The van der Waals surface area contributed by atoms with E-state index >= 15 is 0 Å². The monoisotopic (exact) mass is 221 g/mol. The standard InChI is InChI=1S/C13H23N3/c1-16-11-5-4-7-13(16,10-14-9-11)12-6-2-3-8-15-12/h2,6,11-12,14-15H,3-5,7-10H2,1H3. The molecule has 3 rings (SSSR count). The zero-order chi connectivity index (χ0) is 11.0. The Balaban J connectivity index is 1.88. The highest BCUT2D eigenvalue weighted by Crippen LogP contribution is 2.36. The summed E-state index contributed by atoms with van der Waals surface area (Å²) < 4.78 is 0. The van der Waals surface area contributed by atoms with E-state index in [0.717, 1.165) is 19.1 Å². The van der Waals surface area contributed by atoms with E-state index in [2.05, 4.69) is 34.7 Å². The second kappa shape index (κ2) is 4.13. The Labute approximate surface area is 98.3 Å². The van der Waals surface area contributed by atoms with Crippen LogP contribution in [0.2, 0.25) is 0 Å². The third-order valence-electron chi connectivity index (χ3n) is 4.79. The van der Waals surface area contributed by atoms with Gasteiger partial charge in [0.25, 0.3) is 0 Å². The van der Waals surface area contributed by atoms with Crippen LogP contribution in [0, 0.1) is 0 Å². The van der Waals surface area contributed by atoms with Gasteiger partial charge in [-0.1, -0.05) is 12.2 Å². The largest absolute Gasteiger partial charge is 0.313 e. The molecule has 3 unspecified atom stereocenters. The van der Waals surface area contributed by atoms with E-state index in [-0.39, 0.29) is 0 Å². The summed E-state index contributed by atoms with van der Waals surface area (Å²) in [6, 6.07) is 1.29. The van der Waals surface area contributed by atoms with Gasteiger partial charge in [-0.15, -0.1) is 0 Å². The molecule has 2 saturated heterocycles. The molecular weight excluding hydrogens is 198 g/mol. The maximum absolute atomic E-state index is 3.70. The molecular formula is C13H23N3. The predicted molar refractivity (Wildman–Crippen MR) is 66.6 cm³/mol. The minimum atomic E-state index is 0.331. The molecule has 0 aromatic rings. The van der Waals surface area contributed by atoms with E-state index < -0.39 is 0 Å². The zero-order valence-corrected chi connectivity index (χ0v) is 10.2. The maximum Gasteiger partial charge on any atom is 0.0523 e. The molecule has 2 N–H and O–H groups in total. The molecule has 3 heteroatoms. The Morgan fingerprint density at radius 1 is 1.44 bits per heavy atom. The van der Waals surface area contributed by atoms with Gasteiger partial charge in [-0.2, -0.15) is 0 Å². The Morgan fingerprint density at radius 3 is 3.19 bits per heavy atom. The first-order chi connectivity index (χ1) is 7.83. The van der Waals surface area contributed by atoms with Crippen molar-refractivity contribution < 1.29 is 0 Å². The molecule has 3 aliphatic heterocycles. The zero-order valence-electron chi connectivity index (χ0n) is 10.2. The number of piperazine rings is 1. The van der Waals surface area contributed by atoms with Crippen LogP contribution in [0.3, 0.4) is 0 Å². The number of hydrogen-bond acceptors (Lipinski definition) is 3.